The molecule has 0 spiro atoms. The Morgan fingerprint density at radius 2 is 2.04 bits per heavy atom. The van der Waals surface area contributed by atoms with Crippen LogP contribution in [0.2, 0.25) is 0 Å². The summed E-state index contributed by atoms with van der Waals surface area (Å²) in [7, 11) is 0. The molecule has 25 heavy (non-hydrogen) atoms. The van der Waals surface area contributed by atoms with Crippen molar-refractivity contribution in [3.8, 4) is 0 Å². The van der Waals surface area contributed by atoms with Crippen LogP contribution in [0.3, 0.4) is 0 Å². The molecule has 2 heterocycles. The van der Waals surface area contributed by atoms with Gasteiger partial charge in [-0.2, -0.15) is 0 Å². The van der Waals surface area contributed by atoms with E-state index in [-0.39, 0.29) is 18.6 Å². The number of thiophene rings is 1. The molecule has 1 saturated heterocycles. The first-order valence-corrected chi connectivity index (χ1v) is 9.72. The maximum Gasteiger partial charge on any atom is 0.338 e. The first-order valence-electron chi connectivity index (χ1n) is 8.84. The number of ether oxygens (including phenoxy) is 1. The van der Waals surface area contributed by atoms with Crippen LogP contribution in [-0.2, 0) is 22.4 Å². The molecule has 1 aromatic carbocycles. The number of esters is 1. The molecule has 2 aliphatic rings. The van der Waals surface area contributed by atoms with Gasteiger partial charge in [-0.25, -0.2) is 4.79 Å². The van der Waals surface area contributed by atoms with Crippen LogP contribution in [0, 0.1) is 0 Å². The molecule has 2 aromatic rings. The van der Waals surface area contributed by atoms with Crippen LogP contribution in [0.5, 0.6) is 0 Å². The summed E-state index contributed by atoms with van der Waals surface area (Å²) >= 11 is 1.67. The molecule has 0 radical (unpaired) electrons. The lowest BCUT2D eigenvalue weighted by Gasteiger charge is -2.23. The fourth-order valence-electron chi connectivity index (χ4n) is 3.83. The summed E-state index contributed by atoms with van der Waals surface area (Å²) in [6, 6.07) is 9.94. The van der Waals surface area contributed by atoms with Gasteiger partial charge in [0, 0.05) is 11.4 Å². The van der Waals surface area contributed by atoms with Crippen molar-refractivity contribution in [3.05, 3.63) is 57.3 Å². The summed E-state index contributed by atoms with van der Waals surface area (Å²) in [5, 5.41) is 2.03. The van der Waals surface area contributed by atoms with E-state index < -0.39 is 5.97 Å². The van der Waals surface area contributed by atoms with Crippen molar-refractivity contribution in [2.45, 2.75) is 38.1 Å². The normalized spacial score (nSPS) is 19.0. The number of likely N-dealkylation sites (tertiary alicyclic amines) is 1. The van der Waals surface area contributed by atoms with E-state index in [2.05, 4.69) is 6.07 Å². The van der Waals surface area contributed by atoms with E-state index in [0.29, 0.717) is 5.56 Å². The molecule has 1 aliphatic carbocycles. The van der Waals surface area contributed by atoms with E-state index in [4.69, 9.17) is 4.74 Å². The number of aryl methyl sites for hydroxylation is 2. The predicted molar refractivity (Wildman–Crippen MR) is 96.8 cm³/mol. The lowest BCUT2D eigenvalue weighted by atomic mass is 10.1. The average molecular weight is 355 g/mol. The summed E-state index contributed by atoms with van der Waals surface area (Å²) < 4.78 is 5.30. The molecule has 1 unspecified atom stereocenters. The van der Waals surface area contributed by atoms with Crippen LogP contribution in [0.1, 0.15) is 51.7 Å². The van der Waals surface area contributed by atoms with Gasteiger partial charge in [0.1, 0.15) is 0 Å². The Hall–Kier alpha value is -2.14. The Balaban J connectivity index is 1.37. The second kappa shape index (κ2) is 7.00. The number of hydrogen-bond donors (Lipinski definition) is 0. The number of carbonyl (C=O) groups excluding carboxylic acids is 2. The molecule has 130 valence electrons. The van der Waals surface area contributed by atoms with Crippen molar-refractivity contribution < 1.29 is 14.3 Å². The highest BCUT2D eigenvalue weighted by Gasteiger charge is 2.31. The average Bonchev–Trinajstić information content (AvgIpc) is 3.38. The van der Waals surface area contributed by atoms with E-state index in [0.717, 1.165) is 38.6 Å². The van der Waals surface area contributed by atoms with Crippen molar-refractivity contribution >= 4 is 23.2 Å². The third-order valence-electron chi connectivity index (χ3n) is 5.11. The zero-order valence-corrected chi connectivity index (χ0v) is 14.9. The Labute approximate surface area is 151 Å². The lowest BCUT2D eigenvalue weighted by Crippen LogP contribution is -2.34. The molecule has 0 bridgehead atoms. The summed E-state index contributed by atoms with van der Waals surface area (Å²) in [6.45, 7) is 0.551. The molecule has 4 nitrogen and oxygen atoms in total. The SMILES string of the molecule is O=C(OCC(=O)N1CCCC1c1cccs1)c1ccc2c(c1)CCC2. The van der Waals surface area contributed by atoms with Gasteiger partial charge in [-0.3, -0.25) is 4.79 Å². The van der Waals surface area contributed by atoms with Gasteiger partial charge in [0.05, 0.1) is 11.6 Å². The maximum absolute atomic E-state index is 12.5. The van der Waals surface area contributed by atoms with Crippen molar-refractivity contribution in [3.63, 3.8) is 0 Å². The maximum atomic E-state index is 12.5. The molecular formula is C20H21NO3S. The van der Waals surface area contributed by atoms with Gasteiger partial charge in [-0.1, -0.05) is 12.1 Å². The quantitative estimate of drug-likeness (QED) is 0.785. The molecule has 5 heteroatoms. The monoisotopic (exact) mass is 355 g/mol. The molecule has 0 saturated carbocycles. The lowest BCUT2D eigenvalue weighted by molar-refractivity contribution is -0.135. The second-order valence-electron chi connectivity index (χ2n) is 6.67. The highest BCUT2D eigenvalue weighted by molar-refractivity contribution is 7.10. The minimum atomic E-state index is -0.407. The summed E-state index contributed by atoms with van der Waals surface area (Å²) in [5.41, 5.74) is 3.10. The standard InChI is InChI=1S/C20H21NO3S/c22-19(21-10-2-6-17(21)18-7-3-11-25-18)13-24-20(23)16-9-8-14-4-1-5-15(14)12-16/h3,7-9,11-12,17H,1-2,4-6,10,13H2. The van der Waals surface area contributed by atoms with Crippen molar-refractivity contribution in [2.75, 3.05) is 13.2 Å². The van der Waals surface area contributed by atoms with E-state index in [9.17, 15) is 9.59 Å². The van der Waals surface area contributed by atoms with E-state index >= 15 is 0 Å². The van der Waals surface area contributed by atoms with Crippen LogP contribution in [0.25, 0.3) is 0 Å². The van der Waals surface area contributed by atoms with Gasteiger partial charge in [-0.15, -0.1) is 11.3 Å². The fraction of sp³-hybridized carbons (Fsp3) is 0.400. The molecular weight excluding hydrogens is 334 g/mol. The molecule has 1 amide bonds. The first kappa shape index (κ1) is 16.3. The van der Waals surface area contributed by atoms with Gasteiger partial charge >= 0.3 is 5.97 Å². The summed E-state index contributed by atoms with van der Waals surface area (Å²) in [5.74, 6) is -0.514. The van der Waals surface area contributed by atoms with Crippen LogP contribution in [-0.4, -0.2) is 29.9 Å². The first-order chi connectivity index (χ1) is 12.2. The van der Waals surface area contributed by atoms with Gasteiger partial charge in [0.25, 0.3) is 5.91 Å². The topological polar surface area (TPSA) is 46.6 Å². The molecule has 1 aliphatic heterocycles. The molecule has 1 fully saturated rings. The van der Waals surface area contributed by atoms with Crippen molar-refractivity contribution in [2.24, 2.45) is 0 Å². The second-order valence-corrected chi connectivity index (χ2v) is 7.65. The fourth-order valence-corrected chi connectivity index (χ4v) is 4.71. The smallest absolute Gasteiger partial charge is 0.338 e. The minimum Gasteiger partial charge on any atom is -0.452 e. The number of benzene rings is 1. The third-order valence-corrected chi connectivity index (χ3v) is 6.08. The molecule has 0 N–H and O–H groups in total. The van der Waals surface area contributed by atoms with Crippen LogP contribution in [0.4, 0.5) is 0 Å². The predicted octanol–water partition coefficient (Wildman–Crippen LogP) is 3.76. The van der Waals surface area contributed by atoms with Gasteiger partial charge in [0.2, 0.25) is 0 Å². The Morgan fingerprint density at radius 3 is 2.88 bits per heavy atom. The summed E-state index contributed by atoms with van der Waals surface area (Å²) in [6.07, 6.45) is 5.22. The number of nitrogens with zero attached hydrogens (tertiary/aromatic N) is 1. The Kier molecular flexibility index (Phi) is 4.57. The highest BCUT2D eigenvalue weighted by Crippen LogP contribution is 2.34. The van der Waals surface area contributed by atoms with Crippen molar-refractivity contribution in [1.82, 2.24) is 4.90 Å². The van der Waals surface area contributed by atoms with Crippen LogP contribution in [0.15, 0.2) is 35.7 Å². The largest absolute Gasteiger partial charge is 0.452 e. The van der Waals surface area contributed by atoms with Crippen LogP contribution >= 0.6 is 11.3 Å². The molecule has 4 rings (SSSR count). The zero-order chi connectivity index (χ0) is 17.2. The van der Waals surface area contributed by atoms with Crippen LogP contribution < -0.4 is 0 Å². The number of rotatable bonds is 4. The third kappa shape index (κ3) is 3.33. The minimum absolute atomic E-state index is 0.106. The Morgan fingerprint density at radius 1 is 1.16 bits per heavy atom. The van der Waals surface area contributed by atoms with Gasteiger partial charge in [-0.05, 0) is 66.8 Å². The zero-order valence-electron chi connectivity index (χ0n) is 14.1. The van der Waals surface area contributed by atoms with E-state index in [1.807, 2.05) is 28.5 Å². The van der Waals surface area contributed by atoms with E-state index in [1.54, 1.807) is 17.4 Å². The number of carbonyl (C=O) groups is 2. The van der Waals surface area contributed by atoms with Crippen molar-refractivity contribution in [1.29, 1.82) is 0 Å². The number of fused-ring (bicyclic) bond motifs is 1. The van der Waals surface area contributed by atoms with Gasteiger partial charge in [0.15, 0.2) is 6.61 Å². The Bertz CT molecular complexity index is 784. The van der Waals surface area contributed by atoms with E-state index in [1.165, 1.54) is 16.0 Å². The number of hydrogen-bond acceptors (Lipinski definition) is 4. The molecule has 1 atom stereocenters. The van der Waals surface area contributed by atoms with Gasteiger partial charge < -0.3 is 9.64 Å². The highest BCUT2D eigenvalue weighted by atomic mass is 32.1. The molecule has 1 aromatic heterocycles. The number of amides is 1. The summed E-state index contributed by atoms with van der Waals surface area (Å²) in [4.78, 5) is 27.9.